The van der Waals surface area contributed by atoms with E-state index in [2.05, 4.69) is 10.1 Å². The monoisotopic (exact) mass is 340 g/mol. The van der Waals surface area contributed by atoms with Gasteiger partial charge in [0.15, 0.2) is 0 Å². The summed E-state index contributed by atoms with van der Waals surface area (Å²) in [6.45, 7) is 0.490. The summed E-state index contributed by atoms with van der Waals surface area (Å²) >= 11 is 0. The SMILES string of the molecule is COC(=O)CCCS(=O)(=O)N1CCNC(=O)[C@@H]1c1ccccc1. The maximum absolute atomic E-state index is 12.6. The summed E-state index contributed by atoms with van der Waals surface area (Å²) in [6, 6.07) is 7.92. The Balaban J connectivity index is 2.17. The number of hydrogen-bond acceptors (Lipinski definition) is 5. The summed E-state index contributed by atoms with van der Waals surface area (Å²) in [5.41, 5.74) is 0.626. The third-order valence-corrected chi connectivity index (χ3v) is 5.56. The van der Waals surface area contributed by atoms with Crippen molar-refractivity contribution in [3.8, 4) is 0 Å². The fourth-order valence-corrected chi connectivity index (χ4v) is 4.17. The first-order chi connectivity index (χ1) is 11.0. The van der Waals surface area contributed by atoms with Crippen LogP contribution in [-0.4, -0.2) is 50.6 Å². The minimum atomic E-state index is -3.65. The molecule has 1 atom stereocenters. The van der Waals surface area contributed by atoms with Gasteiger partial charge >= 0.3 is 5.97 Å². The molecule has 1 aliphatic rings. The molecule has 0 unspecified atom stereocenters. The summed E-state index contributed by atoms with van der Waals surface area (Å²) in [7, 11) is -2.39. The van der Waals surface area contributed by atoms with Gasteiger partial charge in [0.1, 0.15) is 6.04 Å². The minimum absolute atomic E-state index is 0.0335. The first-order valence-corrected chi connectivity index (χ1v) is 8.95. The quantitative estimate of drug-likeness (QED) is 0.759. The number of carbonyl (C=O) groups excluding carboxylic acids is 2. The highest BCUT2D eigenvalue weighted by molar-refractivity contribution is 7.89. The summed E-state index contributed by atoms with van der Waals surface area (Å²) in [5.74, 6) is -0.978. The number of nitrogens with one attached hydrogen (secondary N) is 1. The van der Waals surface area contributed by atoms with Crippen LogP contribution in [0.15, 0.2) is 30.3 Å². The van der Waals surface area contributed by atoms with Gasteiger partial charge in [-0.15, -0.1) is 0 Å². The van der Waals surface area contributed by atoms with E-state index in [0.717, 1.165) is 0 Å². The number of sulfonamides is 1. The zero-order chi connectivity index (χ0) is 16.9. The molecule has 1 saturated heterocycles. The summed E-state index contributed by atoms with van der Waals surface area (Å²) in [6.07, 6.45) is 0.195. The number of carbonyl (C=O) groups is 2. The highest BCUT2D eigenvalue weighted by atomic mass is 32.2. The fourth-order valence-electron chi connectivity index (χ4n) is 2.52. The molecule has 1 N–H and O–H groups in total. The molecule has 0 radical (unpaired) electrons. The molecule has 2 rings (SSSR count). The van der Waals surface area contributed by atoms with Crippen molar-refractivity contribution < 1.29 is 22.7 Å². The van der Waals surface area contributed by atoms with E-state index in [1.54, 1.807) is 30.3 Å². The Hall–Kier alpha value is -1.93. The Morgan fingerprint density at radius 3 is 2.70 bits per heavy atom. The van der Waals surface area contributed by atoms with Crippen molar-refractivity contribution in [1.29, 1.82) is 0 Å². The van der Waals surface area contributed by atoms with Crippen LogP contribution in [0.1, 0.15) is 24.4 Å². The van der Waals surface area contributed by atoms with Gasteiger partial charge in [0.05, 0.1) is 12.9 Å². The van der Waals surface area contributed by atoms with Gasteiger partial charge in [-0.05, 0) is 12.0 Å². The lowest BCUT2D eigenvalue weighted by molar-refractivity contribution is -0.140. The largest absolute Gasteiger partial charge is 0.469 e. The van der Waals surface area contributed by atoms with Crippen LogP contribution in [0.3, 0.4) is 0 Å². The number of piperazine rings is 1. The topological polar surface area (TPSA) is 92.8 Å². The van der Waals surface area contributed by atoms with Gasteiger partial charge in [-0.25, -0.2) is 8.42 Å². The predicted molar refractivity (Wildman–Crippen MR) is 83.9 cm³/mol. The van der Waals surface area contributed by atoms with E-state index >= 15 is 0 Å². The second kappa shape index (κ2) is 7.56. The van der Waals surface area contributed by atoms with Crippen LogP contribution in [-0.2, 0) is 24.3 Å². The van der Waals surface area contributed by atoms with E-state index < -0.39 is 22.0 Å². The lowest BCUT2D eigenvalue weighted by atomic mass is 10.1. The van der Waals surface area contributed by atoms with Crippen molar-refractivity contribution >= 4 is 21.9 Å². The van der Waals surface area contributed by atoms with E-state index in [1.807, 2.05) is 0 Å². The van der Waals surface area contributed by atoms with Crippen LogP contribution in [0.5, 0.6) is 0 Å². The van der Waals surface area contributed by atoms with E-state index in [-0.39, 0.29) is 37.6 Å². The highest BCUT2D eigenvalue weighted by Crippen LogP contribution is 2.26. The smallest absolute Gasteiger partial charge is 0.305 e. The van der Waals surface area contributed by atoms with Crippen LogP contribution in [0.25, 0.3) is 0 Å². The molecule has 1 aliphatic heterocycles. The molecule has 1 aromatic rings. The molecule has 23 heavy (non-hydrogen) atoms. The highest BCUT2D eigenvalue weighted by Gasteiger charge is 2.38. The summed E-state index contributed by atoms with van der Waals surface area (Å²) in [4.78, 5) is 23.3. The molecule has 0 aliphatic carbocycles. The number of methoxy groups -OCH3 is 1. The standard InChI is InChI=1S/C15H20N2O5S/c1-22-13(18)8-5-11-23(20,21)17-10-9-16-15(19)14(17)12-6-3-2-4-7-12/h2-4,6-7,14H,5,8-11H2,1H3,(H,16,19)/t14-/m0/s1. The second-order valence-electron chi connectivity index (χ2n) is 5.21. The van der Waals surface area contributed by atoms with Crippen molar-refractivity contribution in [3.63, 3.8) is 0 Å². The zero-order valence-electron chi connectivity index (χ0n) is 12.9. The fraction of sp³-hybridized carbons (Fsp3) is 0.467. The first kappa shape index (κ1) is 17.4. The molecule has 0 bridgehead atoms. The average Bonchev–Trinajstić information content (AvgIpc) is 2.55. The zero-order valence-corrected chi connectivity index (χ0v) is 13.7. The van der Waals surface area contributed by atoms with Crippen molar-refractivity contribution in [2.75, 3.05) is 26.0 Å². The maximum atomic E-state index is 12.6. The number of hydrogen-bond donors (Lipinski definition) is 1. The third kappa shape index (κ3) is 4.29. The molecule has 1 fully saturated rings. The van der Waals surface area contributed by atoms with E-state index in [4.69, 9.17) is 0 Å². The van der Waals surface area contributed by atoms with Gasteiger partial charge in [0.25, 0.3) is 0 Å². The Kier molecular flexibility index (Phi) is 5.73. The molecule has 0 saturated carbocycles. The number of nitrogens with zero attached hydrogens (tertiary/aromatic N) is 1. The molecule has 1 heterocycles. The predicted octanol–water partition coefficient (Wildman–Crippen LogP) is 0.443. The molecular weight excluding hydrogens is 320 g/mol. The van der Waals surface area contributed by atoms with Gasteiger partial charge in [-0.1, -0.05) is 30.3 Å². The maximum Gasteiger partial charge on any atom is 0.305 e. The Bertz CT molecular complexity index is 660. The van der Waals surface area contributed by atoms with E-state index in [1.165, 1.54) is 11.4 Å². The number of amides is 1. The van der Waals surface area contributed by atoms with E-state index in [0.29, 0.717) is 5.56 Å². The Morgan fingerprint density at radius 2 is 2.04 bits per heavy atom. The number of ether oxygens (including phenoxy) is 1. The van der Waals surface area contributed by atoms with Crippen LogP contribution < -0.4 is 5.32 Å². The lowest BCUT2D eigenvalue weighted by Gasteiger charge is -2.34. The molecular formula is C15H20N2O5S. The summed E-state index contributed by atoms with van der Waals surface area (Å²) < 4.78 is 30.9. The molecule has 126 valence electrons. The Labute approximate surface area is 135 Å². The van der Waals surface area contributed by atoms with Gasteiger partial charge in [0.2, 0.25) is 15.9 Å². The van der Waals surface area contributed by atoms with Gasteiger partial charge < -0.3 is 10.1 Å². The molecule has 0 aromatic heterocycles. The second-order valence-corrected chi connectivity index (χ2v) is 7.25. The first-order valence-electron chi connectivity index (χ1n) is 7.34. The van der Waals surface area contributed by atoms with Crippen LogP contribution >= 0.6 is 0 Å². The van der Waals surface area contributed by atoms with Crippen molar-refractivity contribution in [2.24, 2.45) is 0 Å². The lowest BCUT2D eigenvalue weighted by Crippen LogP contribution is -2.52. The van der Waals surface area contributed by atoms with Gasteiger partial charge in [-0.2, -0.15) is 4.31 Å². The molecule has 7 nitrogen and oxygen atoms in total. The average molecular weight is 340 g/mol. The van der Waals surface area contributed by atoms with Gasteiger partial charge in [-0.3, -0.25) is 9.59 Å². The number of rotatable bonds is 6. The molecule has 8 heteroatoms. The van der Waals surface area contributed by atoms with Crippen LogP contribution in [0, 0.1) is 0 Å². The van der Waals surface area contributed by atoms with Crippen molar-refractivity contribution in [2.45, 2.75) is 18.9 Å². The third-order valence-electron chi connectivity index (χ3n) is 3.65. The number of benzene rings is 1. The van der Waals surface area contributed by atoms with Crippen molar-refractivity contribution in [3.05, 3.63) is 35.9 Å². The van der Waals surface area contributed by atoms with E-state index in [9.17, 15) is 18.0 Å². The van der Waals surface area contributed by atoms with Crippen LogP contribution in [0.4, 0.5) is 0 Å². The summed E-state index contributed by atoms with van der Waals surface area (Å²) in [5, 5.41) is 2.70. The molecule has 0 spiro atoms. The van der Waals surface area contributed by atoms with Crippen LogP contribution in [0.2, 0.25) is 0 Å². The molecule has 1 amide bonds. The minimum Gasteiger partial charge on any atom is -0.469 e. The normalized spacial score (nSPS) is 19.2. The van der Waals surface area contributed by atoms with Crippen molar-refractivity contribution in [1.82, 2.24) is 9.62 Å². The van der Waals surface area contributed by atoms with Gasteiger partial charge in [0, 0.05) is 19.5 Å². The Morgan fingerprint density at radius 1 is 1.35 bits per heavy atom. The molecule has 1 aromatic carbocycles. The number of esters is 1.